The number of halogens is 5. The van der Waals surface area contributed by atoms with Crippen LogP contribution in [0.5, 0.6) is 0 Å². The van der Waals surface area contributed by atoms with Gasteiger partial charge < -0.3 is 10.4 Å². The van der Waals surface area contributed by atoms with Crippen molar-refractivity contribution in [2.24, 2.45) is 0 Å². The second kappa shape index (κ2) is 5.01. The summed E-state index contributed by atoms with van der Waals surface area (Å²) in [6, 6.07) is 3.67. The van der Waals surface area contributed by atoms with E-state index >= 15 is 0 Å². The molecule has 2 N–H and O–H groups in total. The van der Waals surface area contributed by atoms with Gasteiger partial charge in [0.1, 0.15) is 5.82 Å². The van der Waals surface area contributed by atoms with E-state index in [9.17, 15) is 17.6 Å². The van der Waals surface area contributed by atoms with Crippen LogP contribution in [0.3, 0.4) is 0 Å². The van der Waals surface area contributed by atoms with E-state index in [1.165, 1.54) is 12.1 Å². The molecular weight excluding hydrogens is 294 g/mol. The van der Waals surface area contributed by atoms with Crippen LogP contribution in [0, 0.1) is 5.82 Å². The second-order valence-electron chi connectivity index (χ2n) is 3.07. The van der Waals surface area contributed by atoms with Gasteiger partial charge >= 0.3 is 6.18 Å². The molecule has 0 saturated heterocycles. The summed E-state index contributed by atoms with van der Waals surface area (Å²) in [5.41, 5.74) is 0.288. The maximum absolute atomic E-state index is 12.8. The fourth-order valence-corrected chi connectivity index (χ4v) is 1.32. The number of aliphatic hydroxyl groups is 1. The summed E-state index contributed by atoms with van der Waals surface area (Å²) in [4.78, 5) is 0. The molecule has 0 aliphatic heterocycles. The molecule has 1 atom stereocenters. The van der Waals surface area contributed by atoms with E-state index in [-0.39, 0.29) is 10.2 Å². The highest BCUT2D eigenvalue weighted by Crippen LogP contribution is 2.22. The molecule has 7 heteroatoms. The first-order valence-corrected chi connectivity index (χ1v) is 5.03. The Morgan fingerprint density at radius 1 is 1.38 bits per heavy atom. The largest absolute Gasteiger partial charge is 0.416 e. The standard InChI is InChI=1S/C9H8BrF4NO/c10-6-3-5(1-2-7(6)11)15-4-8(16)9(12,13)14/h1-3,8,15-16H,4H2. The minimum absolute atomic E-state index is 0.138. The van der Waals surface area contributed by atoms with Gasteiger partial charge in [0.25, 0.3) is 0 Å². The van der Waals surface area contributed by atoms with Crippen LogP contribution in [-0.2, 0) is 0 Å². The van der Waals surface area contributed by atoms with Gasteiger partial charge in [-0.25, -0.2) is 4.39 Å². The minimum atomic E-state index is -4.66. The van der Waals surface area contributed by atoms with E-state index < -0.39 is 24.6 Å². The third-order valence-electron chi connectivity index (χ3n) is 1.80. The maximum atomic E-state index is 12.8. The van der Waals surface area contributed by atoms with Gasteiger partial charge in [-0.15, -0.1) is 0 Å². The zero-order valence-corrected chi connectivity index (χ0v) is 9.44. The highest BCUT2D eigenvalue weighted by molar-refractivity contribution is 9.10. The van der Waals surface area contributed by atoms with E-state index in [1.54, 1.807) is 0 Å². The lowest BCUT2D eigenvalue weighted by Crippen LogP contribution is -2.34. The van der Waals surface area contributed by atoms with Crippen LogP contribution < -0.4 is 5.32 Å². The molecule has 0 spiro atoms. The second-order valence-corrected chi connectivity index (χ2v) is 3.92. The molecule has 0 amide bonds. The van der Waals surface area contributed by atoms with E-state index in [0.29, 0.717) is 0 Å². The van der Waals surface area contributed by atoms with Crippen molar-refractivity contribution in [3.05, 3.63) is 28.5 Å². The summed E-state index contributed by atoms with van der Waals surface area (Å²) < 4.78 is 48.7. The Bertz CT molecular complexity index is 369. The molecule has 0 fully saturated rings. The number of hydrogen-bond donors (Lipinski definition) is 2. The Morgan fingerprint density at radius 3 is 2.50 bits per heavy atom. The van der Waals surface area contributed by atoms with E-state index in [2.05, 4.69) is 21.2 Å². The summed E-state index contributed by atoms with van der Waals surface area (Å²) in [5.74, 6) is -0.512. The van der Waals surface area contributed by atoms with Crippen molar-refractivity contribution in [1.82, 2.24) is 0 Å². The number of alkyl halides is 3. The van der Waals surface area contributed by atoms with Crippen LogP contribution in [0.15, 0.2) is 22.7 Å². The maximum Gasteiger partial charge on any atom is 0.416 e. The Kier molecular flexibility index (Phi) is 4.15. The average molecular weight is 302 g/mol. The summed E-state index contributed by atoms with van der Waals surface area (Å²) in [6.07, 6.45) is -7.11. The van der Waals surface area contributed by atoms with Gasteiger partial charge in [-0.05, 0) is 34.1 Å². The van der Waals surface area contributed by atoms with Gasteiger partial charge in [0, 0.05) is 12.2 Å². The zero-order chi connectivity index (χ0) is 12.3. The molecule has 0 aliphatic carbocycles. The molecule has 0 aromatic heterocycles. The summed E-state index contributed by atoms with van der Waals surface area (Å²) in [6.45, 7) is -0.679. The average Bonchev–Trinajstić information content (AvgIpc) is 2.18. The van der Waals surface area contributed by atoms with Crippen molar-refractivity contribution in [3.8, 4) is 0 Å². The van der Waals surface area contributed by atoms with Gasteiger partial charge in [0.15, 0.2) is 6.10 Å². The SMILES string of the molecule is OC(CNc1ccc(F)c(Br)c1)C(F)(F)F. The highest BCUT2D eigenvalue weighted by atomic mass is 79.9. The normalized spacial score (nSPS) is 13.6. The first-order chi connectivity index (χ1) is 7.30. The molecule has 90 valence electrons. The predicted octanol–water partition coefficient (Wildman–Crippen LogP) is 2.92. The fraction of sp³-hybridized carbons (Fsp3) is 0.333. The molecule has 0 aliphatic rings. The number of anilines is 1. The van der Waals surface area contributed by atoms with Crippen molar-refractivity contribution >= 4 is 21.6 Å². The van der Waals surface area contributed by atoms with E-state index in [1.807, 2.05) is 0 Å². The topological polar surface area (TPSA) is 32.3 Å². The molecule has 0 saturated carbocycles. The monoisotopic (exact) mass is 301 g/mol. The van der Waals surface area contributed by atoms with E-state index in [0.717, 1.165) is 6.07 Å². The van der Waals surface area contributed by atoms with Gasteiger partial charge in [-0.2, -0.15) is 13.2 Å². The molecular formula is C9H8BrF4NO. The molecule has 1 aromatic rings. The lowest BCUT2D eigenvalue weighted by atomic mass is 10.3. The first-order valence-electron chi connectivity index (χ1n) is 4.24. The highest BCUT2D eigenvalue weighted by Gasteiger charge is 2.37. The van der Waals surface area contributed by atoms with Crippen LogP contribution in [0.4, 0.5) is 23.2 Å². The van der Waals surface area contributed by atoms with Gasteiger partial charge in [-0.3, -0.25) is 0 Å². The van der Waals surface area contributed by atoms with Crippen LogP contribution in [0.1, 0.15) is 0 Å². The lowest BCUT2D eigenvalue weighted by molar-refractivity contribution is -0.198. The first kappa shape index (κ1) is 13.2. The van der Waals surface area contributed by atoms with Crippen molar-refractivity contribution in [1.29, 1.82) is 0 Å². The van der Waals surface area contributed by atoms with Crippen molar-refractivity contribution in [3.63, 3.8) is 0 Å². The number of nitrogens with one attached hydrogen (secondary N) is 1. The Hall–Kier alpha value is -0.820. The molecule has 0 bridgehead atoms. The van der Waals surface area contributed by atoms with Gasteiger partial charge in [0.05, 0.1) is 4.47 Å². The smallest absolute Gasteiger partial charge is 0.382 e. The molecule has 16 heavy (non-hydrogen) atoms. The number of hydrogen-bond acceptors (Lipinski definition) is 2. The predicted molar refractivity (Wildman–Crippen MR) is 54.7 cm³/mol. The molecule has 2 nitrogen and oxygen atoms in total. The van der Waals surface area contributed by atoms with Crippen molar-refractivity contribution < 1.29 is 22.7 Å². The summed E-state index contributed by atoms with van der Waals surface area (Å²) in [5, 5.41) is 11.0. The van der Waals surface area contributed by atoms with Crippen LogP contribution in [0.2, 0.25) is 0 Å². The van der Waals surface area contributed by atoms with Crippen molar-refractivity contribution in [2.45, 2.75) is 12.3 Å². The summed E-state index contributed by atoms with van der Waals surface area (Å²) >= 11 is 2.89. The molecule has 1 unspecified atom stereocenters. The third kappa shape index (κ3) is 3.64. The molecule has 1 aromatic carbocycles. The minimum Gasteiger partial charge on any atom is -0.382 e. The number of rotatable bonds is 3. The molecule has 0 radical (unpaired) electrons. The molecule has 0 heterocycles. The lowest BCUT2D eigenvalue weighted by Gasteiger charge is -2.15. The van der Waals surface area contributed by atoms with E-state index in [4.69, 9.17) is 5.11 Å². The van der Waals surface area contributed by atoms with Crippen molar-refractivity contribution in [2.75, 3.05) is 11.9 Å². The molecule has 1 rings (SSSR count). The Morgan fingerprint density at radius 2 is 2.00 bits per heavy atom. The van der Waals surface area contributed by atoms with Crippen LogP contribution >= 0.6 is 15.9 Å². The quantitative estimate of drug-likeness (QED) is 0.842. The number of benzene rings is 1. The fourth-order valence-electron chi connectivity index (χ4n) is 0.936. The van der Waals surface area contributed by atoms with Gasteiger partial charge in [-0.1, -0.05) is 0 Å². The number of aliphatic hydroxyl groups excluding tert-OH is 1. The third-order valence-corrected chi connectivity index (χ3v) is 2.40. The Labute approximate surface area is 97.4 Å². The van der Waals surface area contributed by atoms with Crippen LogP contribution in [0.25, 0.3) is 0 Å². The Balaban J connectivity index is 2.58. The van der Waals surface area contributed by atoms with Gasteiger partial charge in [0.2, 0.25) is 0 Å². The zero-order valence-electron chi connectivity index (χ0n) is 7.85. The van der Waals surface area contributed by atoms with Crippen LogP contribution in [-0.4, -0.2) is 23.9 Å². The summed E-state index contributed by atoms with van der Waals surface area (Å²) in [7, 11) is 0.